The van der Waals surface area contributed by atoms with E-state index in [0.29, 0.717) is 12.4 Å². The summed E-state index contributed by atoms with van der Waals surface area (Å²) < 4.78 is 7.52. The van der Waals surface area contributed by atoms with Crippen molar-refractivity contribution in [3.63, 3.8) is 0 Å². The molecule has 1 aromatic carbocycles. The Balaban J connectivity index is 1.74. The number of aromatic nitrogens is 4. The molecule has 0 fully saturated rings. The highest BCUT2D eigenvalue weighted by molar-refractivity contribution is 5.66. The Bertz CT molecular complexity index is 630. The van der Waals surface area contributed by atoms with Crippen LogP contribution in [0.25, 0.3) is 0 Å². The first-order valence-electron chi connectivity index (χ1n) is 6.86. The summed E-state index contributed by atoms with van der Waals surface area (Å²) in [5.41, 5.74) is 1.13. The fourth-order valence-corrected chi connectivity index (χ4v) is 2.56. The maximum Gasteiger partial charge on any atom is 0.303 e. The molecule has 2 aromatic rings. The largest absolute Gasteiger partial charge is 0.482 e. The van der Waals surface area contributed by atoms with Crippen molar-refractivity contribution in [3.05, 3.63) is 35.7 Å². The monoisotopic (exact) mass is 288 g/mol. The van der Waals surface area contributed by atoms with E-state index in [2.05, 4.69) is 15.5 Å². The number of carboxylic acid groups (broad SMARTS) is 1. The molecule has 7 nitrogen and oxygen atoms in total. The zero-order chi connectivity index (χ0) is 14.8. The van der Waals surface area contributed by atoms with Crippen LogP contribution in [0.4, 0.5) is 0 Å². The van der Waals surface area contributed by atoms with Crippen LogP contribution in [0, 0.1) is 5.92 Å². The zero-order valence-corrected chi connectivity index (χ0v) is 11.6. The molecular formula is C14H16N4O3. The van der Waals surface area contributed by atoms with Gasteiger partial charge in [-0.1, -0.05) is 25.1 Å². The lowest BCUT2D eigenvalue weighted by atomic mass is 10.1. The third kappa shape index (κ3) is 2.86. The number of carboxylic acids is 1. The third-order valence-electron chi connectivity index (χ3n) is 3.50. The van der Waals surface area contributed by atoms with Gasteiger partial charge in [-0.2, -0.15) is 0 Å². The van der Waals surface area contributed by atoms with Crippen LogP contribution in [0.5, 0.6) is 5.75 Å². The number of tetrazole rings is 1. The fraction of sp³-hybridized carbons (Fsp3) is 0.429. The molecule has 21 heavy (non-hydrogen) atoms. The number of benzene rings is 1. The van der Waals surface area contributed by atoms with Gasteiger partial charge < -0.3 is 9.84 Å². The Labute approximate surface area is 121 Å². The predicted octanol–water partition coefficient (Wildman–Crippen LogP) is 1.46. The Kier molecular flexibility index (Phi) is 3.55. The van der Waals surface area contributed by atoms with Crippen LogP contribution in [-0.2, 0) is 17.8 Å². The molecule has 1 aliphatic heterocycles. The van der Waals surface area contributed by atoms with Crippen molar-refractivity contribution in [1.29, 1.82) is 0 Å². The molecule has 110 valence electrons. The molecule has 0 spiro atoms. The molecule has 1 N–H and O–H groups in total. The standard InChI is InChI=1S/C14H16N4O3/c1-9(6-13(19)20)8-18-14(15-16-17-18)12-7-10-4-2-3-5-11(10)21-12/h2-5,9,12H,6-8H2,1H3,(H,19,20). The molecular weight excluding hydrogens is 272 g/mol. The first-order chi connectivity index (χ1) is 10.1. The summed E-state index contributed by atoms with van der Waals surface area (Å²) in [5, 5.41) is 20.5. The van der Waals surface area contributed by atoms with Crippen LogP contribution in [0.2, 0.25) is 0 Å². The average Bonchev–Trinajstić information content (AvgIpc) is 3.02. The molecule has 0 saturated heterocycles. The molecule has 3 rings (SSSR count). The van der Waals surface area contributed by atoms with Gasteiger partial charge in [0.1, 0.15) is 5.75 Å². The molecule has 0 amide bonds. The van der Waals surface area contributed by atoms with Gasteiger partial charge in [-0.05, 0) is 28.0 Å². The van der Waals surface area contributed by atoms with E-state index in [4.69, 9.17) is 9.84 Å². The molecule has 2 atom stereocenters. The Hall–Kier alpha value is -2.44. The van der Waals surface area contributed by atoms with Crippen LogP contribution in [0.3, 0.4) is 0 Å². The summed E-state index contributed by atoms with van der Waals surface area (Å²) in [5.74, 6) is 0.634. The Morgan fingerprint density at radius 2 is 2.33 bits per heavy atom. The molecule has 2 unspecified atom stereocenters. The van der Waals surface area contributed by atoms with Crippen molar-refractivity contribution in [2.75, 3.05) is 0 Å². The summed E-state index contributed by atoms with van der Waals surface area (Å²) >= 11 is 0. The number of rotatable bonds is 5. The molecule has 1 aliphatic rings. The second-order valence-electron chi connectivity index (χ2n) is 5.34. The van der Waals surface area contributed by atoms with E-state index in [-0.39, 0.29) is 18.4 Å². The van der Waals surface area contributed by atoms with Gasteiger partial charge in [0.2, 0.25) is 0 Å². The van der Waals surface area contributed by atoms with Crippen LogP contribution in [-0.4, -0.2) is 31.3 Å². The van der Waals surface area contributed by atoms with E-state index in [1.165, 1.54) is 0 Å². The maximum atomic E-state index is 10.7. The summed E-state index contributed by atoms with van der Waals surface area (Å²) in [7, 11) is 0. The van der Waals surface area contributed by atoms with Gasteiger partial charge in [0, 0.05) is 19.4 Å². The van der Waals surface area contributed by atoms with E-state index in [9.17, 15) is 4.79 Å². The lowest BCUT2D eigenvalue weighted by Gasteiger charge is -2.13. The molecule has 0 aliphatic carbocycles. The highest BCUT2D eigenvalue weighted by Crippen LogP contribution is 2.35. The van der Waals surface area contributed by atoms with Crippen LogP contribution in [0.1, 0.15) is 30.8 Å². The number of fused-ring (bicyclic) bond motifs is 1. The van der Waals surface area contributed by atoms with E-state index in [0.717, 1.165) is 17.7 Å². The number of ether oxygens (including phenoxy) is 1. The predicted molar refractivity (Wildman–Crippen MR) is 72.7 cm³/mol. The Morgan fingerprint density at radius 3 is 3.10 bits per heavy atom. The number of nitrogens with zero attached hydrogens (tertiary/aromatic N) is 4. The van der Waals surface area contributed by atoms with Crippen LogP contribution in [0.15, 0.2) is 24.3 Å². The van der Waals surface area contributed by atoms with Crippen molar-refractivity contribution < 1.29 is 14.6 Å². The number of hydrogen-bond donors (Lipinski definition) is 1. The quantitative estimate of drug-likeness (QED) is 0.895. The summed E-state index contributed by atoms with van der Waals surface area (Å²) in [4.78, 5) is 10.7. The van der Waals surface area contributed by atoms with Crippen molar-refractivity contribution in [3.8, 4) is 5.75 Å². The highest BCUT2D eigenvalue weighted by atomic mass is 16.5. The summed E-state index contributed by atoms with van der Waals surface area (Å²) in [6, 6.07) is 7.86. The van der Waals surface area contributed by atoms with Crippen LogP contribution >= 0.6 is 0 Å². The average molecular weight is 288 g/mol. The van der Waals surface area contributed by atoms with Gasteiger partial charge in [-0.15, -0.1) is 5.10 Å². The first-order valence-corrected chi connectivity index (χ1v) is 6.86. The minimum absolute atomic E-state index is 0.0477. The summed E-state index contributed by atoms with van der Waals surface area (Å²) in [6.07, 6.45) is 0.601. The number of hydrogen-bond acceptors (Lipinski definition) is 5. The van der Waals surface area contributed by atoms with E-state index in [1.807, 2.05) is 31.2 Å². The van der Waals surface area contributed by atoms with Crippen molar-refractivity contribution in [1.82, 2.24) is 20.2 Å². The summed E-state index contributed by atoms with van der Waals surface area (Å²) in [6.45, 7) is 2.33. The zero-order valence-electron chi connectivity index (χ0n) is 11.6. The minimum Gasteiger partial charge on any atom is -0.482 e. The van der Waals surface area contributed by atoms with Gasteiger partial charge >= 0.3 is 5.97 Å². The second-order valence-corrected chi connectivity index (χ2v) is 5.34. The Morgan fingerprint density at radius 1 is 1.52 bits per heavy atom. The SMILES string of the molecule is CC(CC(=O)O)Cn1nnnc1C1Cc2ccccc2O1. The van der Waals surface area contributed by atoms with Gasteiger partial charge in [-0.25, -0.2) is 4.68 Å². The van der Waals surface area contributed by atoms with Crippen molar-refractivity contribution in [2.45, 2.75) is 32.4 Å². The van der Waals surface area contributed by atoms with Gasteiger partial charge in [0.05, 0.1) is 0 Å². The van der Waals surface area contributed by atoms with Crippen molar-refractivity contribution >= 4 is 5.97 Å². The van der Waals surface area contributed by atoms with Crippen LogP contribution < -0.4 is 4.74 Å². The van der Waals surface area contributed by atoms with Gasteiger partial charge in [0.25, 0.3) is 0 Å². The number of carbonyl (C=O) groups is 1. The van der Waals surface area contributed by atoms with Crippen molar-refractivity contribution in [2.24, 2.45) is 5.92 Å². The second kappa shape index (κ2) is 5.51. The maximum absolute atomic E-state index is 10.7. The first kappa shape index (κ1) is 13.5. The molecule has 0 radical (unpaired) electrons. The number of para-hydroxylation sites is 1. The topological polar surface area (TPSA) is 90.1 Å². The van der Waals surface area contributed by atoms with Gasteiger partial charge in [0.15, 0.2) is 11.9 Å². The van der Waals surface area contributed by atoms with E-state index < -0.39 is 5.97 Å². The highest BCUT2D eigenvalue weighted by Gasteiger charge is 2.29. The van der Waals surface area contributed by atoms with E-state index >= 15 is 0 Å². The molecule has 1 aromatic heterocycles. The molecule has 7 heteroatoms. The van der Waals surface area contributed by atoms with Gasteiger partial charge in [-0.3, -0.25) is 4.79 Å². The lowest BCUT2D eigenvalue weighted by Crippen LogP contribution is -2.18. The van der Waals surface area contributed by atoms with E-state index in [1.54, 1.807) is 4.68 Å². The normalized spacial score (nSPS) is 18.0. The lowest BCUT2D eigenvalue weighted by molar-refractivity contribution is -0.138. The third-order valence-corrected chi connectivity index (χ3v) is 3.50. The molecule has 0 bridgehead atoms. The fourth-order valence-electron chi connectivity index (χ4n) is 2.56. The molecule has 0 saturated carbocycles. The number of aliphatic carboxylic acids is 1. The smallest absolute Gasteiger partial charge is 0.303 e. The molecule has 2 heterocycles. The minimum atomic E-state index is -0.818.